The van der Waals surface area contributed by atoms with Crippen molar-refractivity contribution >= 4 is 29.8 Å². The van der Waals surface area contributed by atoms with E-state index in [-0.39, 0.29) is 6.10 Å². The lowest BCUT2D eigenvalue weighted by atomic mass is 10.0. The third-order valence-corrected chi connectivity index (χ3v) is 10.6. The van der Waals surface area contributed by atoms with Crippen LogP contribution in [0, 0.1) is 0 Å². The first-order valence-electron chi connectivity index (χ1n) is 9.58. The summed E-state index contributed by atoms with van der Waals surface area (Å²) in [6.07, 6.45) is -0.889. The van der Waals surface area contributed by atoms with Gasteiger partial charge in [-0.1, -0.05) is 91.0 Å². The van der Waals surface area contributed by atoms with Crippen molar-refractivity contribution in [3.8, 4) is 0 Å². The van der Waals surface area contributed by atoms with Crippen LogP contribution in [-0.2, 0) is 9.47 Å². The predicted molar refractivity (Wildman–Crippen MR) is 114 cm³/mol. The van der Waals surface area contributed by atoms with E-state index in [1.165, 1.54) is 15.6 Å². The van der Waals surface area contributed by atoms with Crippen molar-refractivity contribution < 1.29 is 14.3 Å². The molecular weight excluding hydrogens is 364 g/mol. The molecule has 1 aliphatic heterocycles. The number of cyclic esters (lactones) is 2. The summed E-state index contributed by atoms with van der Waals surface area (Å²) in [6, 6.07) is 32.6. The monoisotopic (exact) mass is 388 g/mol. The Bertz CT molecular complexity index is 843. The Morgan fingerprint density at radius 1 is 0.750 bits per heavy atom. The van der Waals surface area contributed by atoms with Crippen molar-refractivity contribution in [3.63, 3.8) is 0 Å². The van der Waals surface area contributed by atoms with Gasteiger partial charge in [0, 0.05) is 0 Å². The first-order chi connectivity index (χ1) is 13.5. The molecular formula is C24H24O3Si. The quantitative estimate of drug-likeness (QED) is 0.381. The number of hydrogen-bond donors (Lipinski definition) is 0. The number of ether oxygens (including phenoxy) is 2. The van der Waals surface area contributed by atoms with Crippen LogP contribution in [0.2, 0.25) is 6.04 Å². The van der Waals surface area contributed by atoms with Gasteiger partial charge in [-0.15, -0.1) is 0 Å². The summed E-state index contributed by atoms with van der Waals surface area (Å²) >= 11 is 0. The number of carbonyl (C=O) groups is 1. The Hall–Kier alpha value is -2.85. The summed E-state index contributed by atoms with van der Waals surface area (Å²) in [6.45, 7) is 3.87. The molecule has 1 heterocycles. The molecule has 1 aliphatic rings. The van der Waals surface area contributed by atoms with Gasteiger partial charge in [-0.05, 0) is 35.5 Å². The SMILES string of the molecule is CC1(C)OC(=O)OC1C[Si](c1ccccc1)(c1ccccc1)c1ccccc1. The molecule has 28 heavy (non-hydrogen) atoms. The Kier molecular flexibility index (Phi) is 4.81. The minimum absolute atomic E-state index is 0.313. The minimum Gasteiger partial charge on any atom is -0.427 e. The van der Waals surface area contributed by atoms with Crippen LogP contribution in [-0.4, -0.2) is 25.9 Å². The molecule has 1 atom stereocenters. The molecule has 3 nitrogen and oxygen atoms in total. The van der Waals surface area contributed by atoms with E-state index >= 15 is 0 Å². The van der Waals surface area contributed by atoms with Crippen molar-refractivity contribution in [1.29, 1.82) is 0 Å². The molecule has 0 aliphatic carbocycles. The van der Waals surface area contributed by atoms with Crippen molar-refractivity contribution in [3.05, 3.63) is 91.0 Å². The van der Waals surface area contributed by atoms with Gasteiger partial charge in [-0.25, -0.2) is 4.79 Å². The Labute approximate surface area is 166 Å². The fourth-order valence-electron chi connectivity index (χ4n) is 4.15. The molecule has 4 heteroatoms. The first-order valence-corrected chi connectivity index (χ1v) is 11.8. The highest BCUT2D eigenvalue weighted by atomic mass is 28.3. The third kappa shape index (κ3) is 3.25. The molecule has 0 aromatic heterocycles. The van der Waals surface area contributed by atoms with E-state index in [4.69, 9.17) is 9.47 Å². The highest BCUT2D eigenvalue weighted by molar-refractivity contribution is 7.11. The van der Waals surface area contributed by atoms with E-state index in [1.807, 2.05) is 32.0 Å². The maximum atomic E-state index is 11.9. The predicted octanol–water partition coefficient (Wildman–Crippen LogP) is 3.47. The van der Waals surface area contributed by atoms with Crippen LogP contribution in [0.4, 0.5) is 4.79 Å². The summed E-state index contributed by atoms with van der Waals surface area (Å²) in [5, 5.41) is 3.89. The van der Waals surface area contributed by atoms with Crippen LogP contribution < -0.4 is 15.6 Å². The number of benzene rings is 3. The zero-order chi connectivity index (χ0) is 19.6. The van der Waals surface area contributed by atoms with Gasteiger partial charge in [0.25, 0.3) is 0 Å². The van der Waals surface area contributed by atoms with Crippen molar-refractivity contribution in [2.24, 2.45) is 0 Å². The van der Waals surface area contributed by atoms with E-state index < -0.39 is 19.8 Å². The van der Waals surface area contributed by atoms with E-state index in [1.54, 1.807) is 0 Å². The summed E-state index contributed by atoms with van der Waals surface area (Å²) in [4.78, 5) is 11.9. The smallest absolute Gasteiger partial charge is 0.427 e. The lowest BCUT2D eigenvalue weighted by molar-refractivity contribution is 0.0701. The maximum Gasteiger partial charge on any atom is 0.509 e. The Morgan fingerprint density at radius 2 is 1.14 bits per heavy atom. The average Bonchev–Trinajstić information content (AvgIpc) is 2.99. The summed E-state index contributed by atoms with van der Waals surface area (Å²) in [7, 11) is -2.46. The molecule has 0 saturated carbocycles. The molecule has 142 valence electrons. The lowest BCUT2D eigenvalue weighted by Gasteiger charge is -2.37. The van der Waals surface area contributed by atoms with Crippen LogP contribution in [0.3, 0.4) is 0 Å². The summed E-state index contributed by atoms with van der Waals surface area (Å²) < 4.78 is 11.1. The summed E-state index contributed by atoms with van der Waals surface area (Å²) in [5.74, 6) is 0. The largest absolute Gasteiger partial charge is 0.509 e. The zero-order valence-electron chi connectivity index (χ0n) is 16.2. The fourth-order valence-corrected chi connectivity index (χ4v) is 9.27. The van der Waals surface area contributed by atoms with Crippen LogP contribution in [0.25, 0.3) is 0 Å². The molecule has 1 saturated heterocycles. The zero-order valence-corrected chi connectivity index (χ0v) is 17.2. The Morgan fingerprint density at radius 3 is 1.46 bits per heavy atom. The van der Waals surface area contributed by atoms with Crippen molar-refractivity contribution in [2.75, 3.05) is 0 Å². The lowest BCUT2D eigenvalue weighted by Crippen LogP contribution is -2.69. The van der Waals surface area contributed by atoms with Crippen molar-refractivity contribution in [1.82, 2.24) is 0 Å². The highest BCUT2D eigenvalue weighted by Crippen LogP contribution is 2.32. The molecule has 0 spiro atoms. The summed E-state index contributed by atoms with van der Waals surface area (Å²) in [5.41, 5.74) is -0.659. The van der Waals surface area contributed by atoms with Gasteiger partial charge in [0.1, 0.15) is 11.7 Å². The van der Waals surface area contributed by atoms with Crippen molar-refractivity contribution in [2.45, 2.75) is 31.6 Å². The second-order valence-corrected chi connectivity index (χ2v) is 11.7. The van der Waals surface area contributed by atoms with Gasteiger partial charge in [0.05, 0.1) is 0 Å². The standard InChI is InChI=1S/C24H24O3Si/c1-24(2)22(26-23(25)27-24)18-28(19-12-6-3-7-13-19,20-14-8-4-9-15-20)21-16-10-5-11-17-21/h3-17,22H,18H2,1-2H3. The molecule has 3 aromatic rings. The normalized spacial score (nSPS) is 18.4. The van der Waals surface area contributed by atoms with Crippen LogP contribution in [0.5, 0.6) is 0 Å². The molecule has 0 N–H and O–H groups in total. The fraction of sp³-hybridized carbons (Fsp3) is 0.208. The van der Waals surface area contributed by atoms with Gasteiger partial charge >= 0.3 is 6.16 Å². The van der Waals surface area contributed by atoms with Crippen LogP contribution >= 0.6 is 0 Å². The van der Waals surface area contributed by atoms with Gasteiger partial charge in [0.2, 0.25) is 0 Å². The molecule has 0 bridgehead atoms. The van der Waals surface area contributed by atoms with Crippen LogP contribution in [0.1, 0.15) is 13.8 Å². The van der Waals surface area contributed by atoms with Gasteiger partial charge < -0.3 is 9.47 Å². The van der Waals surface area contributed by atoms with Gasteiger partial charge in [-0.3, -0.25) is 0 Å². The number of hydrogen-bond acceptors (Lipinski definition) is 3. The average molecular weight is 389 g/mol. The number of carbonyl (C=O) groups excluding carboxylic acids is 1. The molecule has 1 unspecified atom stereocenters. The minimum atomic E-state index is -2.46. The molecule has 0 amide bonds. The maximum absolute atomic E-state index is 11.9. The molecule has 3 aromatic carbocycles. The van der Waals surface area contributed by atoms with Crippen LogP contribution in [0.15, 0.2) is 91.0 Å². The highest BCUT2D eigenvalue weighted by Gasteiger charge is 2.51. The van der Waals surface area contributed by atoms with E-state index in [2.05, 4.69) is 72.8 Å². The third-order valence-electron chi connectivity index (χ3n) is 5.65. The molecule has 4 rings (SSSR count). The van der Waals surface area contributed by atoms with E-state index in [0.717, 1.165) is 6.04 Å². The van der Waals surface area contributed by atoms with E-state index in [0.29, 0.717) is 0 Å². The van der Waals surface area contributed by atoms with E-state index in [9.17, 15) is 4.79 Å². The molecule has 0 radical (unpaired) electrons. The van der Waals surface area contributed by atoms with Gasteiger partial charge in [0.15, 0.2) is 8.07 Å². The molecule has 1 fully saturated rings. The Balaban J connectivity index is 1.95. The number of rotatable bonds is 5. The second kappa shape index (κ2) is 7.28. The second-order valence-electron chi connectivity index (χ2n) is 7.77. The first kappa shape index (κ1) is 18.5. The topological polar surface area (TPSA) is 35.5 Å². The van der Waals surface area contributed by atoms with Gasteiger partial charge in [-0.2, -0.15) is 0 Å².